The number of imide groups is 2. The maximum Gasteiger partial charge on any atom is 0.488 e. The van der Waals surface area contributed by atoms with E-state index in [0.717, 1.165) is 25.4 Å². The van der Waals surface area contributed by atoms with Crippen LogP contribution in [0.4, 0.5) is 11.5 Å². The Morgan fingerprint density at radius 1 is 0.948 bits per heavy atom. The van der Waals surface area contributed by atoms with Gasteiger partial charge in [0.2, 0.25) is 23.6 Å². The maximum atomic E-state index is 15.3. The molecule has 2 saturated heterocycles. The molecule has 0 spiro atoms. The van der Waals surface area contributed by atoms with E-state index >= 15 is 9.59 Å². The molecule has 4 amide bonds. The third kappa shape index (κ3) is 5.33. The number of hydrogen-bond donors (Lipinski definition) is 3. The van der Waals surface area contributed by atoms with E-state index in [1.807, 2.05) is 31.2 Å². The normalized spacial score (nSPS) is 25.2. The topological polar surface area (TPSA) is 172 Å². The van der Waals surface area contributed by atoms with Crippen molar-refractivity contribution in [3.05, 3.63) is 88.5 Å². The minimum Gasteiger partial charge on any atom is -0.507 e. The van der Waals surface area contributed by atoms with Crippen molar-refractivity contribution in [2.45, 2.75) is 32.6 Å². The van der Waals surface area contributed by atoms with Crippen LogP contribution in [0.5, 0.6) is 17.2 Å². The molecule has 0 bridgehead atoms. The van der Waals surface area contributed by atoms with E-state index in [-0.39, 0.29) is 46.9 Å². The number of phenolic OH excluding ortho intramolecular Hbond substituents is 1. The molecule has 0 radical (unpaired) electrons. The van der Waals surface area contributed by atoms with Crippen LogP contribution in [-0.4, -0.2) is 69.9 Å². The van der Waals surface area contributed by atoms with Gasteiger partial charge in [0, 0.05) is 46.5 Å². The molecule has 2 aliphatic carbocycles. The van der Waals surface area contributed by atoms with Crippen molar-refractivity contribution in [3.8, 4) is 27.8 Å². The smallest absolute Gasteiger partial charge is 0.488 e. The molecular weight excluding hydrogens is 783 g/mol. The molecule has 3 fully saturated rings. The lowest BCUT2D eigenvalue weighted by Crippen LogP contribution is -2.49. The van der Waals surface area contributed by atoms with Crippen LogP contribution in [0.3, 0.4) is 0 Å². The van der Waals surface area contributed by atoms with Crippen LogP contribution in [0.25, 0.3) is 20.7 Å². The number of amides is 4. The van der Waals surface area contributed by atoms with E-state index < -0.39 is 65.8 Å². The van der Waals surface area contributed by atoms with Gasteiger partial charge >= 0.3 is 7.12 Å². The Morgan fingerprint density at radius 3 is 2.45 bits per heavy atom. The largest absolute Gasteiger partial charge is 0.507 e. The number of nitrogens with zero attached hydrogens (tertiary/aromatic N) is 4. The standard InChI is InChI=1S/C42H38BClN4O9S/c1-19-26-14-21(44)9-12-32(26)58-37(19)29-18-33(46(3)45-29)48-39(51)28-17-27-24(36(42(28,2)41(48)53)35-30(49)15-23(56-4)16-31(35)57-5)10-11-25-34(27)40(52)47(38(25)50)22-8-6-7-20(13-22)43(54)55/h6-10,12-16,18,25,27-28,34,36,49,54-55H,11,17H2,1-5H3/t25-,27+,28-,34-,36+,42+/m0/s1. The lowest BCUT2D eigenvalue weighted by molar-refractivity contribution is -0.131. The van der Waals surface area contributed by atoms with Gasteiger partial charge in [0.15, 0.2) is 0 Å². The van der Waals surface area contributed by atoms with E-state index in [2.05, 4.69) is 0 Å². The molecule has 2 aliphatic heterocycles. The molecule has 13 nitrogen and oxygen atoms in total. The first kappa shape index (κ1) is 38.1. The Labute approximate surface area is 342 Å². The Balaban J connectivity index is 1.18. The number of ether oxygens (including phenoxy) is 2. The van der Waals surface area contributed by atoms with Crippen LogP contribution in [0, 0.1) is 36.0 Å². The van der Waals surface area contributed by atoms with Gasteiger partial charge in [-0.2, -0.15) is 5.10 Å². The number of halogens is 1. The highest BCUT2D eigenvalue weighted by Gasteiger charge is 2.68. The molecule has 58 heavy (non-hydrogen) atoms. The van der Waals surface area contributed by atoms with Gasteiger partial charge < -0.3 is 24.6 Å². The fourth-order valence-corrected chi connectivity index (χ4v) is 11.3. The van der Waals surface area contributed by atoms with Crippen molar-refractivity contribution >= 4 is 80.7 Å². The van der Waals surface area contributed by atoms with Crippen molar-refractivity contribution in [1.29, 1.82) is 0 Å². The lowest BCUT2D eigenvalue weighted by atomic mass is 9.51. The highest BCUT2D eigenvalue weighted by molar-refractivity contribution is 7.22. The fraction of sp³-hybridized carbons (Fsp3) is 0.310. The number of benzene rings is 3. The number of hydrogen-bond acceptors (Lipinski definition) is 11. The predicted molar refractivity (Wildman–Crippen MR) is 218 cm³/mol. The van der Waals surface area contributed by atoms with E-state index in [1.54, 1.807) is 32.2 Å². The van der Waals surface area contributed by atoms with Gasteiger partial charge in [-0.3, -0.25) is 28.8 Å². The molecule has 1 saturated carbocycles. The summed E-state index contributed by atoms with van der Waals surface area (Å²) in [5.41, 5.74) is 1.27. The summed E-state index contributed by atoms with van der Waals surface area (Å²) in [6, 6.07) is 16.4. The lowest BCUT2D eigenvalue weighted by Gasteiger charge is -2.49. The van der Waals surface area contributed by atoms with Crippen LogP contribution in [0.15, 0.2) is 72.3 Å². The highest BCUT2D eigenvalue weighted by atomic mass is 35.5. The number of rotatable bonds is 7. The molecule has 0 unspecified atom stereocenters. The second-order valence-electron chi connectivity index (χ2n) is 15.6. The van der Waals surface area contributed by atoms with Crippen LogP contribution < -0.4 is 24.7 Å². The number of methoxy groups -OCH3 is 2. The van der Waals surface area contributed by atoms with Crippen LogP contribution in [-0.2, 0) is 26.2 Å². The first-order valence-corrected chi connectivity index (χ1v) is 20.0. The second kappa shape index (κ2) is 13.5. The number of aromatic nitrogens is 2. The molecule has 2 aromatic heterocycles. The average Bonchev–Trinajstić information content (AvgIpc) is 3.87. The Morgan fingerprint density at radius 2 is 1.72 bits per heavy atom. The number of aryl methyl sites for hydroxylation is 2. The molecule has 296 valence electrons. The number of carbonyl (C=O) groups is 4. The summed E-state index contributed by atoms with van der Waals surface area (Å²) in [6.45, 7) is 3.71. The third-order valence-electron chi connectivity index (χ3n) is 12.8. The van der Waals surface area contributed by atoms with Crippen molar-refractivity contribution in [2.75, 3.05) is 24.0 Å². The molecule has 6 atom stereocenters. The second-order valence-corrected chi connectivity index (χ2v) is 17.1. The predicted octanol–water partition coefficient (Wildman–Crippen LogP) is 5.10. The zero-order valence-electron chi connectivity index (χ0n) is 32.1. The zero-order chi connectivity index (χ0) is 41.1. The first-order chi connectivity index (χ1) is 27.7. The maximum absolute atomic E-state index is 15.3. The van der Waals surface area contributed by atoms with Gasteiger partial charge in [-0.05, 0) is 79.4 Å². The van der Waals surface area contributed by atoms with Gasteiger partial charge in [-0.15, -0.1) is 11.3 Å². The summed E-state index contributed by atoms with van der Waals surface area (Å²) in [6.07, 6.45) is 2.11. The molecule has 3 aromatic carbocycles. The number of anilines is 2. The first-order valence-electron chi connectivity index (χ1n) is 18.8. The monoisotopic (exact) mass is 820 g/mol. The summed E-state index contributed by atoms with van der Waals surface area (Å²) in [5.74, 6) is -5.68. The molecule has 9 rings (SSSR count). The van der Waals surface area contributed by atoms with E-state index in [9.17, 15) is 24.7 Å². The number of carbonyl (C=O) groups excluding carboxylic acids is 4. The Bertz CT molecular complexity index is 2660. The molecule has 4 aliphatic rings. The van der Waals surface area contributed by atoms with Crippen molar-refractivity contribution in [3.63, 3.8) is 0 Å². The van der Waals surface area contributed by atoms with Crippen LogP contribution in [0.1, 0.15) is 36.8 Å². The van der Waals surface area contributed by atoms with Gasteiger partial charge in [0.1, 0.15) is 28.8 Å². The third-order valence-corrected chi connectivity index (χ3v) is 14.3. The number of thiophene rings is 1. The number of phenols is 1. The van der Waals surface area contributed by atoms with Gasteiger partial charge in [-0.1, -0.05) is 35.4 Å². The van der Waals surface area contributed by atoms with E-state index in [4.69, 9.17) is 26.2 Å². The average molecular weight is 821 g/mol. The van der Waals surface area contributed by atoms with Crippen LogP contribution >= 0.6 is 22.9 Å². The summed E-state index contributed by atoms with van der Waals surface area (Å²) in [5, 5.41) is 37.9. The zero-order valence-corrected chi connectivity index (χ0v) is 33.7. The molecule has 4 heterocycles. The highest BCUT2D eigenvalue weighted by Crippen LogP contribution is 2.66. The summed E-state index contributed by atoms with van der Waals surface area (Å²) in [7, 11) is 2.75. The fourth-order valence-electron chi connectivity index (χ4n) is 10.0. The minimum absolute atomic E-state index is 0.0729. The Kier molecular flexibility index (Phi) is 8.89. The van der Waals surface area contributed by atoms with Gasteiger partial charge in [0.05, 0.1) is 48.0 Å². The summed E-state index contributed by atoms with van der Waals surface area (Å²) >= 11 is 7.85. The molecular formula is C42H38BClN4O9S. The number of fused-ring (bicyclic) bond motifs is 5. The van der Waals surface area contributed by atoms with E-state index in [1.165, 1.54) is 59.4 Å². The molecule has 3 N–H and O–H groups in total. The molecule has 16 heteroatoms. The summed E-state index contributed by atoms with van der Waals surface area (Å²) < 4.78 is 13.8. The van der Waals surface area contributed by atoms with Crippen molar-refractivity contribution < 1.29 is 43.8 Å². The van der Waals surface area contributed by atoms with Crippen molar-refractivity contribution in [1.82, 2.24) is 9.78 Å². The van der Waals surface area contributed by atoms with Crippen molar-refractivity contribution in [2.24, 2.45) is 36.1 Å². The minimum atomic E-state index is -1.82. The van der Waals surface area contributed by atoms with Crippen LogP contribution in [0.2, 0.25) is 5.02 Å². The molecule has 5 aromatic rings. The number of allylic oxidation sites excluding steroid dienone is 2. The Hall–Kier alpha value is -5.48. The SMILES string of the molecule is COc1cc(O)c([C@H]2C3=CC[C@@H]4C(=O)N(c5cccc(B(O)O)c5)C(=O)[C@@H]4[C@@H]3C[C@H]3C(=O)N(c4cc(-c5sc6ccc(Cl)cc6c5C)nn4C)C(=O)[C@@]23C)c(OC)c1. The summed E-state index contributed by atoms with van der Waals surface area (Å²) in [4.78, 5) is 62.1. The van der Waals surface area contributed by atoms with E-state index in [0.29, 0.717) is 22.0 Å². The van der Waals surface area contributed by atoms with Gasteiger partial charge in [0.25, 0.3) is 0 Å². The number of aromatic hydroxyl groups is 1. The quantitative estimate of drug-likeness (QED) is 0.114. The van der Waals surface area contributed by atoms with Gasteiger partial charge in [-0.25, -0.2) is 4.90 Å².